The molecule has 0 radical (unpaired) electrons. The third-order valence-electron chi connectivity index (χ3n) is 3.95. The number of hydrogen-bond donors (Lipinski definition) is 1. The number of thiazole rings is 1. The fraction of sp³-hybridized carbons (Fsp3) is 0.250. The zero-order chi connectivity index (χ0) is 18.5. The van der Waals surface area contributed by atoms with Gasteiger partial charge in [0.25, 0.3) is 0 Å². The molecule has 0 aliphatic rings. The molecule has 0 bridgehead atoms. The minimum absolute atomic E-state index is 0.299. The van der Waals surface area contributed by atoms with E-state index < -0.39 is 0 Å². The molecular weight excluding hydrogens is 351 g/mol. The first-order chi connectivity index (χ1) is 12.7. The van der Waals surface area contributed by atoms with E-state index in [9.17, 15) is 4.39 Å². The summed E-state index contributed by atoms with van der Waals surface area (Å²) in [6.45, 7) is 2.13. The van der Waals surface area contributed by atoms with E-state index in [4.69, 9.17) is 14.5 Å². The maximum Gasteiger partial charge on any atom is 0.188 e. The zero-order valence-corrected chi connectivity index (χ0v) is 15.8. The average Bonchev–Trinajstić information content (AvgIpc) is 3.05. The third kappa shape index (κ3) is 3.80. The topological polar surface area (TPSA) is 43.4 Å². The number of ether oxygens (including phenoxy) is 2. The van der Waals surface area contributed by atoms with Crippen molar-refractivity contribution in [2.24, 2.45) is 0 Å². The Morgan fingerprint density at radius 3 is 2.54 bits per heavy atom. The molecule has 0 spiro atoms. The highest BCUT2D eigenvalue weighted by molar-refractivity contribution is 7.16. The van der Waals surface area contributed by atoms with Crippen LogP contribution in [0, 0.1) is 5.82 Å². The van der Waals surface area contributed by atoms with Gasteiger partial charge in [-0.25, -0.2) is 9.37 Å². The lowest BCUT2D eigenvalue weighted by Gasteiger charge is -2.09. The van der Waals surface area contributed by atoms with Crippen LogP contribution >= 0.6 is 11.3 Å². The van der Waals surface area contributed by atoms with Crippen molar-refractivity contribution in [2.45, 2.75) is 19.8 Å². The van der Waals surface area contributed by atoms with Gasteiger partial charge in [0, 0.05) is 10.4 Å². The molecule has 0 amide bonds. The summed E-state index contributed by atoms with van der Waals surface area (Å²) in [5.41, 5.74) is 2.25. The van der Waals surface area contributed by atoms with E-state index in [2.05, 4.69) is 12.2 Å². The molecule has 0 unspecified atom stereocenters. The Labute approximate surface area is 156 Å². The van der Waals surface area contributed by atoms with Gasteiger partial charge in [-0.05, 0) is 36.8 Å². The highest BCUT2D eigenvalue weighted by atomic mass is 32.1. The summed E-state index contributed by atoms with van der Waals surface area (Å²) < 4.78 is 24.6. The second-order valence-corrected chi connectivity index (χ2v) is 6.80. The molecular formula is C20H21FN2O2S. The molecule has 0 fully saturated rings. The smallest absolute Gasteiger partial charge is 0.188 e. The van der Waals surface area contributed by atoms with Crippen molar-refractivity contribution in [2.75, 3.05) is 19.5 Å². The molecule has 1 heterocycles. The van der Waals surface area contributed by atoms with E-state index in [1.54, 1.807) is 43.8 Å². The molecule has 0 atom stereocenters. The summed E-state index contributed by atoms with van der Waals surface area (Å²) in [4.78, 5) is 5.86. The summed E-state index contributed by atoms with van der Waals surface area (Å²) >= 11 is 1.54. The highest BCUT2D eigenvalue weighted by Crippen LogP contribution is 2.37. The van der Waals surface area contributed by atoms with Crippen LogP contribution in [-0.2, 0) is 6.42 Å². The van der Waals surface area contributed by atoms with Crippen molar-refractivity contribution < 1.29 is 13.9 Å². The number of methoxy groups -OCH3 is 2. The Hall–Kier alpha value is -2.60. The molecule has 0 saturated carbocycles. The lowest BCUT2D eigenvalue weighted by Crippen LogP contribution is -1.93. The third-order valence-corrected chi connectivity index (χ3v) is 4.98. The molecule has 2 aromatic carbocycles. The van der Waals surface area contributed by atoms with Crippen LogP contribution in [0.15, 0.2) is 42.5 Å². The fourth-order valence-electron chi connectivity index (χ4n) is 2.69. The molecule has 6 heteroatoms. The Bertz CT molecular complexity index is 895. The number of rotatable bonds is 7. The van der Waals surface area contributed by atoms with Gasteiger partial charge in [0.05, 0.1) is 25.6 Å². The fourth-order valence-corrected chi connectivity index (χ4v) is 3.79. The van der Waals surface area contributed by atoms with Gasteiger partial charge in [-0.2, -0.15) is 0 Å². The molecule has 1 N–H and O–H groups in total. The largest absolute Gasteiger partial charge is 0.493 e. The number of para-hydroxylation sites is 1. The molecule has 4 nitrogen and oxygen atoms in total. The predicted octanol–water partition coefficient (Wildman–Crippen LogP) is 5.66. The second-order valence-electron chi connectivity index (χ2n) is 5.72. The van der Waals surface area contributed by atoms with Crippen LogP contribution in [0.25, 0.3) is 11.3 Å². The molecule has 26 heavy (non-hydrogen) atoms. The second kappa shape index (κ2) is 8.19. The Morgan fingerprint density at radius 1 is 1.08 bits per heavy atom. The summed E-state index contributed by atoms with van der Waals surface area (Å²) in [5, 5.41) is 3.76. The minimum atomic E-state index is -0.299. The van der Waals surface area contributed by atoms with Gasteiger partial charge >= 0.3 is 0 Å². The van der Waals surface area contributed by atoms with Gasteiger partial charge in [-0.15, -0.1) is 11.3 Å². The number of hydrogen-bond acceptors (Lipinski definition) is 5. The highest BCUT2D eigenvalue weighted by Gasteiger charge is 2.16. The number of halogens is 1. The number of aryl methyl sites for hydroxylation is 1. The van der Waals surface area contributed by atoms with Gasteiger partial charge in [0.2, 0.25) is 0 Å². The van der Waals surface area contributed by atoms with Crippen LogP contribution in [0.3, 0.4) is 0 Å². The van der Waals surface area contributed by atoms with E-state index in [-0.39, 0.29) is 5.82 Å². The van der Waals surface area contributed by atoms with Crippen molar-refractivity contribution in [3.05, 3.63) is 53.2 Å². The summed E-state index contributed by atoms with van der Waals surface area (Å²) in [6, 6.07) is 12.3. The van der Waals surface area contributed by atoms with Crippen molar-refractivity contribution in [1.82, 2.24) is 4.98 Å². The Morgan fingerprint density at radius 2 is 1.85 bits per heavy atom. The van der Waals surface area contributed by atoms with Crippen molar-refractivity contribution in [1.29, 1.82) is 0 Å². The molecule has 3 rings (SSSR count). The maximum absolute atomic E-state index is 13.9. The Balaban J connectivity index is 1.99. The first kappa shape index (κ1) is 18.2. The van der Waals surface area contributed by atoms with Crippen LogP contribution in [0.5, 0.6) is 11.5 Å². The summed E-state index contributed by atoms with van der Waals surface area (Å²) in [7, 11) is 3.22. The van der Waals surface area contributed by atoms with Crippen LogP contribution in [-0.4, -0.2) is 19.2 Å². The summed E-state index contributed by atoms with van der Waals surface area (Å²) in [6.07, 6.45) is 1.90. The van der Waals surface area contributed by atoms with Crippen molar-refractivity contribution in [3.63, 3.8) is 0 Å². The van der Waals surface area contributed by atoms with Gasteiger partial charge < -0.3 is 14.8 Å². The van der Waals surface area contributed by atoms with Gasteiger partial charge in [-0.1, -0.05) is 25.5 Å². The standard InChI is InChI=1S/C20H21FN2O2S/c1-4-7-18-19(13-10-11-16(24-2)17(12-13)25-3)23-20(26-18)22-15-9-6-5-8-14(15)21/h5-6,8-12H,4,7H2,1-3H3,(H,22,23). The first-order valence-corrected chi connectivity index (χ1v) is 9.21. The number of aromatic nitrogens is 1. The van der Waals surface area contributed by atoms with Crippen molar-refractivity contribution >= 4 is 22.2 Å². The van der Waals surface area contributed by atoms with Crippen LogP contribution in [0.1, 0.15) is 18.2 Å². The van der Waals surface area contributed by atoms with Gasteiger partial charge in [0.1, 0.15) is 5.82 Å². The summed E-state index contributed by atoms with van der Waals surface area (Å²) in [5.74, 6) is 1.03. The average molecular weight is 372 g/mol. The van der Waals surface area contributed by atoms with Gasteiger partial charge in [0.15, 0.2) is 16.6 Å². The van der Waals surface area contributed by atoms with Gasteiger partial charge in [-0.3, -0.25) is 0 Å². The number of nitrogens with zero attached hydrogens (tertiary/aromatic N) is 1. The van der Waals surface area contributed by atoms with Crippen LogP contribution < -0.4 is 14.8 Å². The van der Waals surface area contributed by atoms with E-state index in [0.29, 0.717) is 22.3 Å². The number of nitrogens with one attached hydrogen (secondary N) is 1. The first-order valence-electron chi connectivity index (χ1n) is 8.40. The maximum atomic E-state index is 13.9. The molecule has 0 saturated heterocycles. The van der Waals surface area contributed by atoms with E-state index in [1.807, 2.05) is 18.2 Å². The molecule has 3 aromatic rings. The van der Waals surface area contributed by atoms with Crippen LogP contribution in [0.4, 0.5) is 15.2 Å². The normalized spacial score (nSPS) is 10.6. The number of benzene rings is 2. The van der Waals surface area contributed by atoms with Crippen molar-refractivity contribution in [3.8, 4) is 22.8 Å². The SMILES string of the molecule is CCCc1sc(Nc2ccccc2F)nc1-c1ccc(OC)c(OC)c1. The molecule has 0 aliphatic carbocycles. The molecule has 0 aliphatic heterocycles. The Kier molecular flexibility index (Phi) is 5.73. The lowest BCUT2D eigenvalue weighted by molar-refractivity contribution is 0.355. The lowest BCUT2D eigenvalue weighted by atomic mass is 10.1. The van der Waals surface area contributed by atoms with E-state index in [1.165, 1.54) is 6.07 Å². The minimum Gasteiger partial charge on any atom is -0.493 e. The molecule has 136 valence electrons. The zero-order valence-electron chi connectivity index (χ0n) is 15.0. The van der Waals surface area contributed by atoms with Crippen LogP contribution in [0.2, 0.25) is 0 Å². The quantitative estimate of drug-likeness (QED) is 0.581. The predicted molar refractivity (Wildman–Crippen MR) is 104 cm³/mol. The van der Waals surface area contributed by atoms with E-state index >= 15 is 0 Å². The molecule has 1 aromatic heterocycles. The number of anilines is 2. The monoisotopic (exact) mass is 372 g/mol. The van der Waals surface area contributed by atoms with E-state index in [0.717, 1.165) is 29.0 Å².